The van der Waals surface area contributed by atoms with Gasteiger partial charge in [0.15, 0.2) is 0 Å². The molecule has 0 aliphatic heterocycles. The van der Waals surface area contributed by atoms with E-state index < -0.39 is 0 Å². The molecule has 3 heteroatoms. The molecular formula is C72H46N2O. The average molecular weight is 955 g/mol. The Morgan fingerprint density at radius 2 is 0.773 bits per heavy atom. The normalized spacial score (nSPS) is 11.7. The highest BCUT2D eigenvalue weighted by Crippen LogP contribution is 2.44. The molecule has 75 heavy (non-hydrogen) atoms. The van der Waals surface area contributed by atoms with Gasteiger partial charge in [0.25, 0.3) is 0 Å². The largest absolute Gasteiger partial charge is 0.455 e. The van der Waals surface area contributed by atoms with Crippen LogP contribution in [0.2, 0.25) is 0 Å². The third kappa shape index (κ3) is 7.20. The third-order valence-corrected chi connectivity index (χ3v) is 15.4. The van der Waals surface area contributed by atoms with E-state index in [0.717, 1.165) is 77.9 Å². The van der Waals surface area contributed by atoms with Gasteiger partial charge < -0.3 is 13.9 Å². The lowest BCUT2D eigenvalue weighted by molar-refractivity contribution is 0.672. The molecule has 350 valence electrons. The number of para-hydroxylation sites is 3. The van der Waals surface area contributed by atoms with E-state index in [-0.39, 0.29) is 0 Å². The van der Waals surface area contributed by atoms with Crippen molar-refractivity contribution in [2.75, 3.05) is 4.90 Å². The van der Waals surface area contributed by atoms with Gasteiger partial charge in [-0.2, -0.15) is 0 Å². The summed E-state index contributed by atoms with van der Waals surface area (Å²) in [6.07, 6.45) is 0. The lowest BCUT2D eigenvalue weighted by Crippen LogP contribution is -2.11. The average Bonchev–Trinajstić information content (AvgIpc) is 4.07. The zero-order chi connectivity index (χ0) is 49.4. The summed E-state index contributed by atoms with van der Waals surface area (Å²) in [6.45, 7) is 0. The standard InChI is InChI=1S/C72H46N2O/c1-3-19-60-49(13-1)27-28-51-29-30-55(45-66(51)60)53-16-11-15-52(43-53)47-31-37-57(38-32-47)73(68-24-8-5-20-61(68)56-36-42-71-67(46-56)65-41-35-50-14-2-4-21-62(50)72(65)75-71)58-39-33-48(34-40-58)54-17-12-18-59(44-54)74-69-25-9-6-22-63(69)64-23-7-10-26-70(64)74/h1-46H. The van der Waals surface area contributed by atoms with Gasteiger partial charge in [-0.15, -0.1) is 0 Å². The van der Waals surface area contributed by atoms with E-state index in [1.54, 1.807) is 0 Å². The van der Waals surface area contributed by atoms with Crippen molar-refractivity contribution >= 4 is 93.1 Å². The van der Waals surface area contributed by atoms with Gasteiger partial charge in [0.2, 0.25) is 0 Å². The summed E-state index contributed by atoms with van der Waals surface area (Å²) in [4.78, 5) is 2.40. The van der Waals surface area contributed by atoms with Crippen molar-refractivity contribution < 1.29 is 4.42 Å². The minimum Gasteiger partial charge on any atom is -0.455 e. The van der Waals surface area contributed by atoms with Crippen molar-refractivity contribution in [3.63, 3.8) is 0 Å². The molecule has 0 spiro atoms. The maximum Gasteiger partial charge on any atom is 0.143 e. The van der Waals surface area contributed by atoms with Crippen molar-refractivity contribution in [2.24, 2.45) is 0 Å². The Hall–Kier alpha value is -9.96. The van der Waals surface area contributed by atoms with E-state index in [0.29, 0.717) is 0 Å². The van der Waals surface area contributed by atoms with E-state index in [4.69, 9.17) is 4.42 Å². The van der Waals surface area contributed by atoms with E-state index in [2.05, 4.69) is 289 Å². The minimum absolute atomic E-state index is 0.881. The van der Waals surface area contributed by atoms with Crippen LogP contribution in [-0.2, 0) is 0 Å². The van der Waals surface area contributed by atoms with Crippen LogP contribution in [0.25, 0.3) is 126 Å². The Labute approximate surface area is 434 Å². The summed E-state index contributed by atoms with van der Waals surface area (Å²) in [5.74, 6) is 0. The van der Waals surface area contributed by atoms with E-state index in [1.807, 2.05) is 0 Å². The van der Waals surface area contributed by atoms with E-state index in [1.165, 1.54) is 65.4 Å². The van der Waals surface area contributed by atoms with Gasteiger partial charge in [0, 0.05) is 49.6 Å². The molecule has 2 aromatic heterocycles. The van der Waals surface area contributed by atoms with Crippen LogP contribution in [0, 0.1) is 0 Å². The minimum atomic E-state index is 0.881. The maximum absolute atomic E-state index is 6.59. The molecule has 0 atom stereocenters. The maximum atomic E-state index is 6.59. The molecule has 2 heterocycles. The molecule has 0 unspecified atom stereocenters. The third-order valence-electron chi connectivity index (χ3n) is 15.4. The summed E-state index contributed by atoms with van der Waals surface area (Å²) in [6, 6.07) is 102. The Kier molecular flexibility index (Phi) is 9.89. The number of benzene rings is 13. The van der Waals surface area contributed by atoms with Crippen LogP contribution < -0.4 is 4.90 Å². The molecule has 0 N–H and O–H groups in total. The number of furan rings is 1. The second kappa shape index (κ2) is 17.4. The van der Waals surface area contributed by atoms with Crippen LogP contribution in [0.1, 0.15) is 0 Å². The fraction of sp³-hybridized carbons (Fsp3) is 0. The van der Waals surface area contributed by atoms with Gasteiger partial charge in [-0.05, 0) is 151 Å². The fourth-order valence-electron chi connectivity index (χ4n) is 11.7. The number of fused-ring (bicyclic) bond motifs is 11. The highest BCUT2D eigenvalue weighted by molar-refractivity contribution is 6.16. The predicted octanol–water partition coefficient (Wildman–Crippen LogP) is 20.3. The monoisotopic (exact) mass is 954 g/mol. The second-order valence-corrected chi connectivity index (χ2v) is 19.6. The van der Waals surface area contributed by atoms with Gasteiger partial charge in [-0.1, -0.05) is 194 Å². The molecule has 0 aliphatic rings. The molecule has 0 bridgehead atoms. The first kappa shape index (κ1) is 42.7. The highest BCUT2D eigenvalue weighted by Gasteiger charge is 2.20. The van der Waals surface area contributed by atoms with Crippen LogP contribution in [-0.4, -0.2) is 4.57 Å². The number of hydrogen-bond donors (Lipinski definition) is 0. The summed E-state index contributed by atoms with van der Waals surface area (Å²) in [5, 5.41) is 12.1. The summed E-state index contributed by atoms with van der Waals surface area (Å²) in [7, 11) is 0. The molecular weight excluding hydrogens is 909 g/mol. The van der Waals surface area contributed by atoms with Gasteiger partial charge >= 0.3 is 0 Å². The number of hydrogen-bond acceptors (Lipinski definition) is 2. The number of nitrogens with zero attached hydrogens (tertiary/aromatic N) is 2. The highest BCUT2D eigenvalue weighted by atomic mass is 16.3. The molecule has 0 saturated carbocycles. The van der Waals surface area contributed by atoms with Crippen LogP contribution in [0.5, 0.6) is 0 Å². The first-order valence-corrected chi connectivity index (χ1v) is 25.7. The Balaban J connectivity index is 0.830. The number of aromatic nitrogens is 1. The molecule has 0 aliphatic carbocycles. The molecule has 3 nitrogen and oxygen atoms in total. The Bertz CT molecular complexity index is 4660. The molecule has 13 aromatic carbocycles. The van der Waals surface area contributed by atoms with Crippen LogP contribution >= 0.6 is 0 Å². The predicted molar refractivity (Wildman–Crippen MR) is 317 cm³/mol. The summed E-state index contributed by atoms with van der Waals surface area (Å²) in [5.41, 5.74) is 17.8. The van der Waals surface area contributed by atoms with Crippen LogP contribution in [0.3, 0.4) is 0 Å². The molecule has 0 radical (unpaired) electrons. The van der Waals surface area contributed by atoms with E-state index in [9.17, 15) is 0 Å². The zero-order valence-corrected chi connectivity index (χ0v) is 40.9. The Morgan fingerprint density at radius 3 is 1.49 bits per heavy atom. The SMILES string of the molecule is c1cc(-c2ccc(N(c3ccc(-c4cccc(-n5c6ccccc6c6ccccc65)c4)cc3)c3ccccc3-c3ccc4oc5c6ccccc6ccc5c4c3)cc2)cc(-c2ccc3ccc4ccccc4c3c2)c1. The van der Waals surface area contributed by atoms with Crippen molar-refractivity contribution in [3.05, 3.63) is 279 Å². The zero-order valence-electron chi connectivity index (χ0n) is 40.9. The Morgan fingerprint density at radius 1 is 0.280 bits per heavy atom. The number of anilines is 3. The lowest BCUT2D eigenvalue weighted by Gasteiger charge is -2.28. The van der Waals surface area contributed by atoms with E-state index >= 15 is 0 Å². The van der Waals surface area contributed by atoms with Crippen LogP contribution in [0.15, 0.2) is 283 Å². The van der Waals surface area contributed by atoms with Crippen molar-refractivity contribution in [2.45, 2.75) is 0 Å². The first-order chi connectivity index (χ1) is 37.2. The van der Waals surface area contributed by atoms with Crippen molar-refractivity contribution in [1.82, 2.24) is 4.57 Å². The first-order valence-electron chi connectivity index (χ1n) is 25.7. The lowest BCUT2D eigenvalue weighted by atomic mass is 9.95. The quantitative estimate of drug-likeness (QED) is 0.142. The van der Waals surface area contributed by atoms with Gasteiger partial charge in [0.05, 0.1) is 16.7 Å². The topological polar surface area (TPSA) is 21.3 Å². The van der Waals surface area contributed by atoms with Gasteiger partial charge in [0.1, 0.15) is 11.2 Å². The smallest absolute Gasteiger partial charge is 0.143 e. The second-order valence-electron chi connectivity index (χ2n) is 19.6. The van der Waals surface area contributed by atoms with Crippen LogP contribution in [0.4, 0.5) is 17.1 Å². The summed E-state index contributed by atoms with van der Waals surface area (Å²) >= 11 is 0. The molecule has 0 amide bonds. The fourth-order valence-corrected chi connectivity index (χ4v) is 11.7. The van der Waals surface area contributed by atoms with Gasteiger partial charge in [-0.25, -0.2) is 0 Å². The summed E-state index contributed by atoms with van der Waals surface area (Å²) < 4.78 is 8.97. The molecule has 0 fully saturated rings. The van der Waals surface area contributed by atoms with Crippen molar-refractivity contribution in [3.8, 4) is 50.2 Å². The van der Waals surface area contributed by atoms with Crippen molar-refractivity contribution in [1.29, 1.82) is 0 Å². The molecule has 15 rings (SSSR count). The molecule has 0 saturated heterocycles. The number of rotatable bonds is 8. The molecule has 15 aromatic rings. The van der Waals surface area contributed by atoms with Gasteiger partial charge in [-0.3, -0.25) is 0 Å².